The Morgan fingerprint density at radius 2 is 1.69 bits per heavy atom. The van der Waals surface area contributed by atoms with Crippen LogP contribution in [0.2, 0.25) is 0 Å². The van der Waals surface area contributed by atoms with Gasteiger partial charge in [0.05, 0.1) is 11.8 Å². The summed E-state index contributed by atoms with van der Waals surface area (Å²) in [5, 5.41) is 2.01. The summed E-state index contributed by atoms with van der Waals surface area (Å²) in [5.41, 5.74) is -6.54. The van der Waals surface area contributed by atoms with E-state index in [0.717, 1.165) is 36.7 Å². The number of rotatable bonds is 5. The summed E-state index contributed by atoms with van der Waals surface area (Å²) >= 11 is 0. The summed E-state index contributed by atoms with van der Waals surface area (Å²) in [4.78, 5) is 12.7. The first-order chi connectivity index (χ1) is 16.2. The average Bonchev–Trinajstić information content (AvgIpc) is 3.35. The number of aromatic nitrogens is 1. The summed E-state index contributed by atoms with van der Waals surface area (Å²) in [7, 11) is -9.11. The van der Waals surface area contributed by atoms with E-state index in [1.54, 1.807) is 0 Å². The fourth-order valence-electron chi connectivity index (χ4n) is 3.48. The number of nitrogens with zero attached hydrogens (tertiary/aromatic N) is 1. The molecule has 9 nitrogen and oxygen atoms in total. The number of carbonyl (C=O) groups is 1. The zero-order valence-electron chi connectivity index (χ0n) is 17.7. The predicted molar refractivity (Wildman–Crippen MR) is 116 cm³/mol. The second-order valence-electron chi connectivity index (χ2n) is 7.26. The van der Waals surface area contributed by atoms with E-state index in [-0.39, 0.29) is 33.2 Å². The first-order valence-corrected chi connectivity index (χ1v) is 12.7. The lowest BCUT2D eigenvalue weighted by atomic mass is 10.0. The molecule has 0 aliphatic heterocycles. The number of hydrogen-bond acceptors (Lipinski definition) is 7. The molecule has 1 amide bonds. The highest BCUT2D eigenvalue weighted by molar-refractivity contribution is 7.89. The smallest absolute Gasteiger partial charge is 0.454 e. The molecule has 4 rings (SSSR count). The van der Waals surface area contributed by atoms with Crippen molar-refractivity contribution in [3.63, 3.8) is 0 Å². The summed E-state index contributed by atoms with van der Waals surface area (Å²) in [6.45, 7) is 0. The normalized spacial score (nSPS) is 12.9. The van der Waals surface area contributed by atoms with Crippen molar-refractivity contribution in [2.24, 2.45) is 0 Å². The Kier molecular flexibility index (Phi) is 5.59. The van der Waals surface area contributed by atoms with Gasteiger partial charge in [0.15, 0.2) is 5.75 Å². The Hall–Kier alpha value is -3.59. The fraction of sp³-hybridized carbons (Fsp3) is 0.150. The minimum absolute atomic E-state index is 0.122. The Labute approximate surface area is 195 Å². The zero-order chi connectivity index (χ0) is 25.9. The summed E-state index contributed by atoms with van der Waals surface area (Å²) < 4.78 is 111. The molecule has 0 spiro atoms. The Balaban J connectivity index is 2.16. The predicted octanol–water partition coefficient (Wildman–Crippen LogP) is 3.59. The van der Waals surface area contributed by atoms with E-state index in [4.69, 9.17) is 4.42 Å². The number of amides is 1. The standard InChI is InChI=1S/C20H14F4N2O7S2/c1-25-19(27)15-13-9-14(33-35(30,31)20(22,23)24)16-12(7-8-26(16)34(2,28)29)18(13)32-17(15)10-3-5-11(21)6-4-10/h3-9H,1-2H3,(H,25,27). The van der Waals surface area contributed by atoms with Crippen molar-refractivity contribution >= 4 is 47.9 Å². The second kappa shape index (κ2) is 7.98. The lowest BCUT2D eigenvalue weighted by Gasteiger charge is -2.12. The highest BCUT2D eigenvalue weighted by Gasteiger charge is 2.49. The summed E-state index contributed by atoms with van der Waals surface area (Å²) in [6.07, 6.45) is 1.70. The molecule has 2 aromatic carbocycles. The van der Waals surface area contributed by atoms with Crippen LogP contribution in [0.1, 0.15) is 10.4 Å². The first kappa shape index (κ1) is 24.5. The van der Waals surface area contributed by atoms with Crippen molar-refractivity contribution in [1.29, 1.82) is 0 Å². The second-order valence-corrected chi connectivity index (χ2v) is 10.7. The van der Waals surface area contributed by atoms with Crippen LogP contribution in [0.25, 0.3) is 33.2 Å². The third-order valence-electron chi connectivity index (χ3n) is 4.95. The molecule has 35 heavy (non-hydrogen) atoms. The molecule has 0 radical (unpaired) electrons. The lowest BCUT2D eigenvalue weighted by molar-refractivity contribution is -0.0499. The van der Waals surface area contributed by atoms with E-state index in [9.17, 15) is 39.2 Å². The molecule has 0 aliphatic rings. The number of hydrogen-bond donors (Lipinski definition) is 1. The maximum Gasteiger partial charge on any atom is 0.534 e. The molecule has 15 heteroatoms. The number of furan rings is 1. The van der Waals surface area contributed by atoms with E-state index in [1.165, 1.54) is 19.2 Å². The van der Waals surface area contributed by atoms with Crippen molar-refractivity contribution in [1.82, 2.24) is 9.29 Å². The number of benzene rings is 2. The Morgan fingerprint density at radius 1 is 1.06 bits per heavy atom. The molecule has 1 N–H and O–H groups in total. The minimum atomic E-state index is -6.22. The molecule has 0 aliphatic carbocycles. The SMILES string of the molecule is CNC(=O)c1c(-c2ccc(F)cc2)oc2c1cc(OS(=O)(=O)C(F)(F)F)c1c2ccn1S(C)(=O)=O. The van der Waals surface area contributed by atoms with E-state index < -0.39 is 48.6 Å². The van der Waals surface area contributed by atoms with Crippen molar-refractivity contribution in [2.45, 2.75) is 5.51 Å². The number of carbonyl (C=O) groups excluding carboxylic acids is 1. The van der Waals surface area contributed by atoms with E-state index in [1.807, 2.05) is 0 Å². The molecule has 0 unspecified atom stereocenters. The quantitative estimate of drug-likeness (QED) is 0.236. The van der Waals surface area contributed by atoms with Gasteiger partial charge in [-0.15, -0.1) is 0 Å². The van der Waals surface area contributed by atoms with Crippen LogP contribution in [0.15, 0.2) is 47.0 Å². The van der Waals surface area contributed by atoms with Crippen molar-refractivity contribution < 1.29 is 47.8 Å². The molecule has 186 valence electrons. The van der Waals surface area contributed by atoms with Gasteiger partial charge in [0.25, 0.3) is 5.91 Å². The van der Waals surface area contributed by atoms with Crippen LogP contribution in [-0.2, 0) is 20.1 Å². The largest absolute Gasteiger partial charge is 0.534 e. The highest BCUT2D eigenvalue weighted by atomic mass is 32.2. The first-order valence-electron chi connectivity index (χ1n) is 9.45. The summed E-state index contributed by atoms with van der Waals surface area (Å²) in [5.74, 6) is -2.48. The summed E-state index contributed by atoms with van der Waals surface area (Å²) in [6, 6.07) is 6.64. The monoisotopic (exact) mass is 534 g/mol. The van der Waals surface area contributed by atoms with Gasteiger partial charge in [-0.25, -0.2) is 16.8 Å². The third kappa shape index (κ3) is 4.10. The molecular formula is C20H14F4N2O7S2. The molecule has 4 aromatic rings. The van der Waals surface area contributed by atoms with Gasteiger partial charge in [0.2, 0.25) is 10.0 Å². The van der Waals surface area contributed by atoms with Crippen LogP contribution in [0.4, 0.5) is 17.6 Å². The molecule has 0 saturated heterocycles. The van der Waals surface area contributed by atoms with Crippen LogP contribution in [0.3, 0.4) is 0 Å². The third-order valence-corrected chi connectivity index (χ3v) is 6.94. The fourth-order valence-corrected chi connectivity index (χ4v) is 4.74. The van der Waals surface area contributed by atoms with Crippen LogP contribution < -0.4 is 9.50 Å². The van der Waals surface area contributed by atoms with Crippen molar-refractivity contribution in [3.8, 4) is 17.1 Å². The van der Waals surface area contributed by atoms with Crippen LogP contribution in [0, 0.1) is 5.82 Å². The highest BCUT2D eigenvalue weighted by Crippen LogP contribution is 2.43. The topological polar surface area (TPSA) is 125 Å². The van der Waals surface area contributed by atoms with Crippen LogP contribution in [-0.4, -0.2) is 45.5 Å². The zero-order valence-corrected chi connectivity index (χ0v) is 19.3. The van der Waals surface area contributed by atoms with E-state index >= 15 is 0 Å². The van der Waals surface area contributed by atoms with Gasteiger partial charge in [-0.3, -0.25) is 4.79 Å². The molecule has 2 heterocycles. The van der Waals surface area contributed by atoms with E-state index in [0.29, 0.717) is 3.97 Å². The average molecular weight is 534 g/mol. The Bertz CT molecular complexity index is 1700. The van der Waals surface area contributed by atoms with Crippen LogP contribution >= 0.6 is 0 Å². The molecule has 0 fully saturated rings. The Morgan fingerprint density at radius 3 is 2.23 bits per heavy atom. The van der Waals surface area contributed by atoms with Gasteiger partial charge in [-0.05, 0) is 36.4 Å². The maximum absolute atomic E-state index is 13.4. The molecule has 2 aromatic heterocycles. The van der Waals surface area contributed by atoms with Crippen molar-refractivity contribution in [2.75, 3.05) is 13.3 Å². The number of alkyl halides is 3. The number of fused-ring (bicyclic) bond motifs is 3. The van der Waals surface area contributed by atoms with Crippen molar-refractivity contribution in [3.05, 3.63) is 54.0 Å². The van der Waals surface area contributed by atoms with Gasteiger partial charge in [-0.1, -0.05) is 0 Å². The van der Waals surface area contributed by atoms with Gasteiger partial charge in [-0.2, -0.15) is 21.6 Å². The van der Waals surface area contributed by atoms with Gasteiger partial charge in [0.1, 0.15) is 22.7 Å². The minimum Gasteiger partial charge on any atom is -0.454 e. The maximum atomic E-state index is 13.4. The molecule has 0 bridgehead atoms. The number of halogens is 4. The van der Waals surface area contributed by atoms with Gasteiger partial charge >= 0.3 is 15.6 Å². The number of nitrogens with one attached hydrogen (secondary N) is 1. The molecule has 0 atom stereocenters. The van der Waals surface area contributed by atoms with Gasteiger partial charge < -0.3 is 13.9 Å². The van der Waals surface area contributed by atoms with Crippen LogP contribution in [0.5, 0.6) is 5.75 Å². The molecular weight excluding hydrogens is 520 g/mol. The van der Waals surface area contributed by atoms with E-state index in [2.05, 4.69) is 9.50 Å². The van der Waals surface area contributed by atoms with Gasteiger partial charge in [0, 0.05) is 29.6 Å². The lowest BCUT2D eigenvalue weighted by Crippen LogP contribution is -2.28. The molecule has 0 saturated carbocycles.